The first-order valence-electron chi connectivity index (χ1n) is 10.3. The SMILES string of the molecule is CC(C)Oc1ccc(S(=O)(=O)c2ccc(CCC(=O)c3cnc4nccn4c3)cc2)cc1. The van der Waals surface area contributed by atoms with Crippen molar-refractivity contribution >= 4 is 21.4 Å². The molecule has 0 radical (unpaired) electrons. The molecule has 0 aliphatic carbocycles. The highest BCUT2D eigenvalue weighted by Crippen LogP contribution is 2.24. The molecular formula is C24H23N3O4S. The summed E-state index contributed by atoms with van der Waals surface area (Å²) in [6, 6.07) is 13.0. The number of carbonyl (C=O) groups excluding carboxylic acids is 1. The maximum Gasteiger partial charge on any atom is 0.233 e. The van der Waals surface area contributed by atoms with Gasteiger partial charge in [0.15, 0.2) is 5.78 Å². The van der Waals surface area contributed by atoms with Crippen LogP contribution >= 0.6 is 0 Å². The molecule has 4 aromatic rings. The molecule has 0 aliphatic heterocycles. The topological polar surface area (TPSA) is 90.6 Å². The van der Waals surface area contributed by atoms with Crippen LogP contribution in [0.1, 0.15) is 36.2 Å². The van der Waals surface area contributed by atoms with Crippen LogP contribution < -0.4 is 4.74 Å². The van der Waals surface area contributed by atoms with Gasteiger partial charge in [-0.25, -0.2) is 18.4 Å². The predicted molar refractivity (Wildman–Crippen MR) is 120 cm³/mol. The number of sulfone groups is 1. The minimum absolute atomic E-state index is 0.0157. The van der Waals surface area contributed by atoms with Gasteiger partial charge in [0.05, 0.1) is 21.5 Å². The molecule has 0 N–H and O–H groups in total. The second-order valence-electron chi connectivity index (χ2n) is 7.69. The molecule has 0 unspecified atom stereocenters. The lowest BCUT2D eigenvalue weighted by molar-refractivity contribution is 0.0982. The highest BCUT2D eigenvalue weighted by atomic mass is 32.2. The number of benzene rings is 2. The van der Waals surface area contributed by atoms with Crippen LogP contribution in [0.25, 0.3) is 5.78 Å². The molecule has 164 valence electrons. The zero-order chi connectivity index (χ0) is 22.7. The van der Waals surface area contributed by atoms with Crippen molar-refractivity contribution in [2.24, 2.45) is 0 Å². The number of imidazole rings is 1. The summed E-state index contributed by atoms with van der Waals surface area (Å²) < 4.78 is 33.1. The Morgan fingerprint density at radius 3 is 2.31 bits per heavy atom. The van der Waals surface area contributed by atoms with E-state index < -0.39 is 9.84 Å². The van der Waals surface area contributed by atoms with Crippen molar-refractivity contribution in [3.05, 3.63) is 84.4 Å². The van der Waals surface area contributed by atoms with Crippen molar-refractivity contribution in [2.75, 3.05) is 0 Å². The van der Waals surface area contributed by atoms with Crippen molar-refractivity contribution in [1.29, 1.82) is 0 Å². The van der Waals surface area contributed by atoms with Gasteiger partial charge in [-0.3, -0.25) is 9.20 Å². The molecule has 0 aliphatic rings. The molecule has 7 nitrogen and oxygen atoms in total. The summed E-state index contributed by atoms with van der Waals surface area (Å²) >= 11 is 0. The second kappa shape index (κ2) is 8.92. The van der Waals surface area contributed by atoms with Crippen LogP contribution in [-0.4, -0.2) is 34.7 Å². The van der Waals surface area contributed by atoms with Gasteiger partial charge < -0.3 is 4.74 Å². The third kappa shape index (κ3) is 4.70. The number of Topliss-reactive ketones (excluding diaryl/α,β-unsaturated/α-hetero) is 1. The third-order valence-corrected chi connectivity index (χ3v) is 6.73. The summed E-state index contributed by atoms with van der Waals surface area (Å²) in [5.41, 5.74) is 1.40. The Balaban J connectivity index is 1.42. The maximum atomic E-state index is 12.9. The molecular weight excluding hydrogens is 426 g/mol. The summed E-state index contributed by atoms with van der Waals surface area (Å²) in [6.45, 7) is 3.82. The van der Waals surface area contributed by atoms with Crippen LogP contribution in [0.4, 0.5) is 0 Å². The van der Waals surface area contributed by atoms with Gasteiger partial charge >= 0.3 is 0 Å². The minimum Gasteiger partial charge on any atom is -0.491 e. The number of nitrogens with zero attached hydrogens (tertiary/aromatic N) is 3. The fraction of sp³-hybridized carbons (Fsp3) is 0.208. The fourth-order valence-electron chi connectivity index (χ4n) is 3.30. The lowest BCUT2D eigenvalue weighted by Crippen LogP contribution is -2.06. The predicted octanol–water partition coefficient (Wildman–Crippen LogP) is 4.16. The van der Waals surface area contributed by atoms with E-state index in [0.717, 1.165) is 5.56 Å². The number of aromatic nitrogens is 3. The van der Waals surface area contributed by atoms with E-state index in [4.69, 9.17) is 4.74 Å². The molecule has 2 aromatic carbocycles. The molecule has 0 spiro atoms. The largest absolute Gasteiger partial charge is 0.491 e. The molecule has 0 saturated heterocycles. The molecule has 4 rings (SSSR count). The molecule has 0 atom stereocenters. The van der Waals surface area contributed by atoms with E-state index in [9.17, 15) is 13.2 Å². The van der Waals surface area contributed by atoms with Gasteiger partial charge in [0, 0.05) is 31.2 Å². The van der Waals surface area contributed by atoms with Crippen LogP contribution in [0.3, 0.4) is 0 Å². The summed E-state index contributed by atoms with van der Waals surface area (Å²) in [7, 11) is -3.63. The van der Waals surface area contributed by atoms with Crippen molar-refractivity contribution in [2.45, 2.75) is 42.6 Å². The van der Waals surface area contributed by atoms with Gasteiger partial charge in [-0.2, -0.15) is 0 Å². The third-order valence-electron chi connectivity index (χ3n) is 4.95. The van der Waals surface area contributed by atoms with Gasteiger partial charge in [0.1, 0.15) is 5.75 Å². The van der Waals surface area contributed by atoms with Crippen molar-refractivity contribution in [3.63, 3.8) is 0 Å². The van der Waals surface area contributed by atoms with Crippen molar-refractivity contribution < 1.29 is 17.9 Å². The van der Waals surface area contributed by atoms with Crippen LogP contribution in [-0.2, 0) is 16.3 Å². The molecule has 32 heavy (non-hydrogen) atoms. The second-order valence-corrected chi connectivity index (χ2v) is 9.64. The first kappa shape index (κ1) is 21.7. The molecule has 2 heterocycles. The Bertz CT molecular complexity index is 1340. The highest BCUT2D eigenvalue weighted by Gasteiger charge is 2.18. The van der Waals surface area contributed by atoms with Crippen LogP contribution in [0.15, 0.2) is 83.1 Å². The Kier molecular flexibility index (Phi) is 6.05. The van der Waals surface area contributed by atoms with E-state index in [1.54, 1.807) is 71.5 Å². The average molecular weight is 450 g/mol. The maximum absolute atomic E-state index is 12.9. The zero-order valence-electron chi connectivity index (χ0n) is 17.8. The normalized spacial score (nSPS) is 11.7. The molecule has 0 bridgehead atoms. The quantitative estimate of drug-likeness (QED) is 0.375. The van der Waals surface area contributed by atoms with E-state index in [1.807, 2.05) is 13.8 Å². The van der Waals surface area contributed by atoms with E-state index >= 15 is 0 Å². The lowest BCUT2D eigenvalue weighted by atomic mass is 10.0. The molecule has 0 saturated carbocycles. The fourth-order valence-corrected chi connectivity index (χ4v) is 4.56. The number of rotatable bonds is 8. The zero-order valence-corrected chi connectivity index (χ0v) is 18.6. The minimum atomic E-state index is -3.63. The van der Waals surface area contributed by atoms with Gasteiger partial charge in [0.25, 0.3) is 0 Å². The lowest BCUT2D eigenvalue weighted by Gasteiger charge is -2.10. The van der Waals surface area contributed by atoms with Crippen molar-refractivity contribution in [3.8, 4) is 5.75 Å². The first-order valence-corrected chi connectivity index (χ1v) is 11.7. The van der Waals surface area contributed by atoms with Crippen molar-refractivity contribution in [1.82, 2.24) is 14.4 Å². The molecule has 0 amide bonds. The molecule has 2 aromatic heterocycles. The van der Waals surface area contributed by atoms with Crippen LogP contribution in [0.5, 0.6) is 5.75 Å². The Hall–Kier alpha value is -3.52. The number of ether oxygens (including phenoxy) is 1. The van der Waals surface area contributed by atoms with E-state index in [-0.39, 0.29) is 21.7 Å². The Labute approximate surface area is 186 Å². The van der Waals surface area contributed by atoms with E-state index in [0.29, 0.717) is 29.9 Å². The highest BCUT2D eigenvalue weighted by molar-refractivity contribution is 7.91. The number of hydrogen-bond acceptors (Lipinski definition) is 6. The van der Waals surface area contributed by atoms with Gasteiger partial charge in [-0.1, -0.05) is 12.1 Å². The van der Waals surface area contributed by atoms with Crippen LogP contribution in [0.2, 0.25) is 0 Å². The van der Waals surface area contributed by atoms with Crippen LogP contribution in [0, 0.1) is 0 Å². The van der Waals surface area contributed by atoms with Gasteiger partial charge in [0.2, 0.25) is 15.6 Å². The van der Waals surface area contributed by atoms with Gasteiger partial charge in [-0.05, 0) is 62.2 Å². The summed E-state index contributed by atoms with van der Waals surface area (Å²) in [6.07, 6.45) is 7.42. The van der Waals surface area contributed by atoms with Gasteiger partial charge in [-0.15, -0.1) is 0 Å². The Morgan fingerprint density at radius 2 is 1.66 bits per heavy atom. The summed E-state index contributed by atoms with van der Waals surface area (Å²) in [5, 5.41) is 0. The first-order chi connectivity index (χ1) is 15.3. The number of aryl methyl sites for hydroxylation is 1. The smallest absolute Gasteiger partial charge is 0.233 e. The Morgan fingerprint density at radius 1 is 1.00 bits per heavy atom. The average Bonchev–Trinajstić information content (AvgIpc) is 3.25. The molecule has 8 heteroatoms. The molecule has 0 fully saturated rings. The number of fused-ring (bicyclic) bond motifs is 1. The number of hydrogen-bond donors (Lipinski definition) is 0. The van der Waals surface area contributed by atoms with E-state index in [1.165, 1.54) is 6.20 Å². The standard InChI is InChI=1S/C24H23N3O4S/c1-17(2)31-20-6-10-22(11-7-20)32(29,30)21-8-3-18(4-9-21)5-12-23(28)19-15-26-24-25-13-14-27(24)16-19/h3-4,6-11,13-17H,5,12H2,1-2H3. The summed E-state index contributed by atoms with van der Waals surface area (Å²) in [5.74, 6) is 1.13. The number of ketones is 1. The number of carbonyl (C=O) groups is 1. The summed E-state index contributed by atoms with van der Waals surface area (Å²) in [4.78, 5) is 21.1. The monoisotopic (exact) mass is 449 g/mol. The van der Waals surface area contributed by atoms with E-state index in [2.05, 4.69) is 9.97 Å².